The van der Waals surface area contributed by atoms with Crippen LogP contribution in [0.25, 0.3) is 5.57 Å². The summed E-state index contributed by atoms with van der Waals surface area (Å²) in [5.41, 5.74) is 8.94. The number of ether oxygens (including phenoxy) is 1. The van der Waals surface area contributed by atoms with E-state index in [0.29, 0.717) is 15.7 Å². The van der Waals surface area contributed by atoms with Crippen molar-refractivity contribution in [2.24, 2.45) is 17.8 Å². The fourth-order valence-electron chi connectivity index (χ4n) is 2.56. The molecule has 10 heteroatoms. The molecule has 0 saturated heterocycles. The Balaban J connectivity index is 1.92. The highest BCUT2D eigenvalue weighted by Crippen LogP contribution is 2.41. The van der Waals surface area contributed by atoms with E-state index in [9.17, 15) is 4.79 Å². The first-order chi connectivity index (χ1) is 14.2. The van der Waals surface area contributed by atoms with Crippen molar-refractivity contribution in [3.63, 3.8) is 0 Å². The smallest absolute Gasteiger partial charge is 0.338 e. The van der Waals surface area contributed by atoms with Crippen molar-refractivity contribution in [1.82, 2.24) is 20.2 Å². The molecular weight excluding hydrogens is 420 g/mol. The Labute approximate surface area is 183 Å². The lowest BCUT2D eigenvalue weighted by molar-refractivity contribution is 0.00695. The lowest BCUT2D eigenvalue weighted by atomic mass is 9.99. The maximum atomic E-state index is 12.3. The van der Waals surface area contributed by atoms with E-state index in [0.717, 1.165) is 21.8 Å². The number of benzene rings is 1. The number of carbonyl (C=O) groups is 1. The number of nitrogens with two attached hydrogens (primary N) is 1. The summed E-state index contributed by atoms with van der Waals surface area (Å²) in [6.45, 7) is 9.20. The number of allylic oxidation sites excluding steroid dienone is 1. The SMILES string of the molecule is C=C/N=C1/SC=C(c2ccc(C(=O)OC(C)(C)C)cc2)/C1=C(/N)Sc1nnnn1C. The van der Waals surface area contributed by atoms with Crippen LogP contribution in [0.3, 0.4) is 0 Å². The van der Waals surface area contributed by atoms with Gasteiger partial charge in [-0.1, -0.05) is 30.5 Å². The van der Waals surface area contributed by atoms with Crippen molar-refractivity contribution >= 4 is 40.1 Å². The van der Waals surface area contributed by atoms with Crippen LogP contribution in [-0.4, -0.2) is 36.8 Å². The summed E-state index contributed by atoms with van der Waals surface area (Å²) < 4.78 is 6.97. The number of rotatable bonds is 5. The Morgan fingerprint density at radius 3 is 2.60 bits per heavy atom. The van der Waals surface area contributed by atoms with Crippen LogP contribution in [-0.2, 0) is 11.8 Å². The third-order valence-corrected chi connectivity index (χ3v) is 5.68. The summed E-state index contributed by atoms with van der Waals surface area (Å²) >= 11 is 2.71. The van der Waals surface area contributed by atoms with Crippen LogP contribution in [0.15, 0.2) is 63.2 Å². The zero-order valence-corrected chi connectivity index (χ0v) is 18.8. The van der Waals surface area contributed by atoms with Gasteiger partial charge < -0.3 is 10.5 Å². The number of aryl methyl sites for hydroxylation is 1. The lowest BCUT2D eigenvalue weighted by Gasteiger charge is -2.19. The largest absolute Gasteiger partial charge is 0.456 e. The average Bonchev–Trinajstić information content (AvgIpc) is 3.27. The quantitative estimate of drug-likeness (QED) is 0.551. The van der Waals surface area contributed by atoms with E-state index in [1.807, 2.05) is 38.3 Å². The van der Waals surface area contributed by atoms with Gasteiger partial charge in [-0.15, -0.1) is 5.10 Å². The van der Waals surface area contributed by atoms with E-state index in [1.165, 1.54) is 29.7 Å². The first-order valence-electron chi connectivity index (χ1n) is 8.99. The second-order valence-electron chi connectivity index (χ2n) is 7.27. The van der Waals surface area contributed by atoms with Crippen LogP contribution in [0.4, 0.5) is 0 Å². The first kappa shape index (κ1) is 21.8. The number of nitrogens with zero attached hydrogens (tertiary/aromatic N) is 5. The molecule has 1 aliphatic heterocycles. The van der Waals surface area contributed by atoms with Crippen LogP contribution in [0.1, 0.15) is 36.7 Å². The van der Waals surface area contributed by atoms with Gasteiger partial charge in [0.15, 0.2) is 0 Å². The van der Waals surface area contributed by atoms with Gasteiger partial charge in [-0.05, 0) is 66.1 Å². The van der Waals surface area contributed by atoms with Gasteiger partial charge in [-0.2, -0.15) is 0 Å². The van der Waals surface area contributed by atoms with Gasteiger partial charge in [0.25, 0.3) is 0 Å². The number of hydrogen-bond acceptors (Lipinski definition) is 9. The van der Waals surface area contributed by atoms with E-state index >= 15 is 0 Å². The molecule has 3 rings (SSSR count). The number of thioether (sulfide) groups is 2. The topological polar surface area (TPSA) is 108 Å². The molecule has 2 heterocycles. The summed E-state index contributed by atoms with van der Waals surface area (Å²) in [4.78, 5) is 16.6. The minimum atomic E-state index is -0.549. The molecule has 0 bridgehead atoms. The number of esters is 1. The molecule has 0 unspecified atom stereocenters. The normalized spacial score (nSPS) is 17.1. The fourth-order valence-corrected chi connectivity index (χ4v) is 4.33. The van der Waals surface area contributed by atoms with Crippen LogP contribution < -0.4 is 5.73 Å². The van der Waals surface area contributed by atoms with E-state index in [4.69, 9.17) is 10.5 Å². The Kier molecular flexibility index (Phi) is 6.47. The van der Waals surface area contributed by atoms with Gasteiger partial charge in [0.05, 0.1) is 10.6 Å². The zero-order chi connectivity index (χ0) is 21.9. The van der Waals surface area contributed by atoms with Gasteiger partial charge in [0.2, 0.25) is 5.16 Å². The molecule has 0 spiro atoms. The third-order valence-electron chi connectivity index (χ3n) is 3.84. The monoisotopic (exact) mass is 442 g/mol. The minimum Gasteiger partial charge on any atom is -0.456 e. The lowest BCUT2D eigenvalue weighted by Crippen LogP contribution is -2.23. The maximum absolute atomic E-state index is 12.3. The maximum Gasteiger partial charge on any atom is 0.338 e. The Bertz CT molecular complexity index is 1060. The van der Waals surface area contributed by atoms with Crippen molar-refractivity contribution < 1.29 is 9.53 Å². The van der Waals surface area contributed by atoms with Crippen molar-refractivity contribution in [2.45, 2.75) is 31.5 Å². The molecule has 0 atom stereocenters. The molecule has 30 heavy (non-hydrogen) atoms. The van der Waals surface area contributed by atoms with Gasteiger partial charge >= 0.3 is 5.97 Å². The Morgan fingerprint density at radius 2 is 2.03 bits per heavy atom. The number of aliphatic imine (C=N–C) groups is 1. The summed E-state index contributed by atoms with van der Waals surface area (Å²) in [6, 6.07) is 7.21. The van der Waals surface area contributed by atoms with Gasteiger partial charge in [-0.25, -0.2) is 14.5 Å². The molecule has 0 aliphatic carbocycles. The van der Waals surface area contributed by atoms with Crippen molar-refractivity contribution in [1.29, 1.82) is 0 Å². The molecule has 0 fully saturated rings. The highest BCUT2D eigenvalue weighted by Gasteiger charge is 2.26. The van der Waals surface area contributed by atoms with Gasteiger partial charge in [0, 0.05) is 24.4 Å². The molecular formula is C20H22N6O2S2. The molecule has 0 saturated carbocycles. The average molecular weight is 443 g/mol. The molecule has 2 N–H and O–H groups in total. The van der Waals surface area contributed by atoms with E-state index in [1.54, 1.807) is 23.9 Å². The molecule has 1 aliphatic rings. The second-order valence-corrected chi connectivity index (χ2v) is 9.14. The van der Waals surface area contributed by atoms with E-state index in [-0.39, 0.29) is 5.97 Å². The Hall–Kier alpha value is -2.85. The van der Waals surface area contributed by atoms with Crippen LogP contribution >= 0.6 is 23.5 Å². The summed E-state index contributed by atoms with van der Waals surface area (Å²) in [6.07, 6.45) is 1.48. The summed E-state index contributed by atoms with van der Waals surface area (Å²) in [5.74, 6) is -0.363. The number of aromatic nitrogens is 4. The molecule has 8 nitrogen and oxygen atoms in total. The highest BCUT2D eigenvalue weighted by molar-refractivity contribution is 8.17. The standard InChI is InChI=1S/C20H22N6O2S2/c1-6-22-17-15(16(21)30-19-23-24-25-26(19)5)14(11-29-17)12-7-9-13(10-8-12)18(27)28-20(2,3)4/h6-11H,1,21H2,2-5H3/b16-15+,22-17+. The van der Waals surface area contributed by atoms with Crippen LogP contribution in [0, 0.1) is 0 Å². The number of carbonyl (C=O) groups excluding carboxylic acids is 1. The summed E-state index contributed by atoms with van der Waals surface area (Å²) in [7, 11) is 1.74. The molecule has 1 aromatic carbocycles. The predicted molar refractivity (Wildman–Crippen MR) is 121 cm³/mol. The van der Waals surface area contributed by atoms with Crippen molar-refractivity contribution in [2.75, 3.05) is 0 Å². The third kappa shape index (κ3) is 5.00. The molecule has 1 aromatic heterocycles. The minimum absolute atomic E-state index is 0.363. The van der Waals surface area contributed by atoms with Gasteiger partial charge in [-0.3, -0.25) is 0 Å². The zero-order valence-electron chi connectivity index (χ0n) is 17.1. The molecule has 2 aromatic rings. The molecule has 156 valence electrons. The van der Waals surface area contributed by atoms with Crippen LogP contribution in [0.2, 0.25) is 0 Å². The Morgan fingerprint density at radius 1 is 1.33 bits per heavy atom. The number of hydrogen-bond donors (Lipinski definition) is 1. The molecule has 0 amide bonds. The highest BCUT2D eigenvalue weighted by atomic mass is 32.2. The second kappa shape index (κ2) is 8.88. The first-order valence-corrected chi connectivity index (χ1v) is 10.7. The number of tetrazole rings is 1. The predicted octanol–water partition coefficient (Wildman–Crippen LogP) is 3.76. The van der Waals surface area contributed by atoms with E-state index in [2.05, 4.69) is 27.1 Å². The summed E-state index contributed by atoms with van der Waals surface area (Å²) in [5, 5.41) is 15.2. The van der Waals surface area contributed by atoms with Crippen molar-refractivity contribution in [3.05, 3.63) is 64.2 Å². The van der Waals surface area contributed by atoms with Crippen molar-refractivity contribution in [3.8, 4) is 0 Å². The van der Waals surface area contributed by atoms with Crippen LogP contribution in [0.5, 0.6) is 0 Å². The van der Waals surface area contributed by atoms with Gasteiger partial charge in [0.1, 0.15) is 10.6 Å². The fraction of sp³-hybridized carbons (Fsp3) is 0.250. The van der Waals surface area contributed by atoms with E-state index < -0.39 is 5.60 Å². The molecule has 0 radical (unpaired) electrons.